The maximum atomic E-state index is 9.82. The summed E-state index contributed by atoms with van der Waals surface area (Å²) < 4.78 is 13.3. The normalized spacial score (nSPS) is 9.00. The number of unbranched alkanes of at least 4 members (excludes halogenated alkanes) is 4. The zero-order valence-corrected chi connectivity index (χ0v) is 25.7. The van der Waals surface area contributed by atoms with Crippen LogP contribution in [0.25, 0.3) is 0 Å². The predicted molar refractivity (Wildman–Crippen MR) is 146 cm³/mol. The van der Waals surface area contributed by atoms with Gasteiger partial charge < -0.3 is 24.6 Å². The highest BCUT2D eigenvalue weighted by atomic mass is 31.2. The predicted octanol–water partition coefficient (Wildman–Crippen LogP) is 7.94. The lowest BCUT2D eigenvalue weighted by molar-refractivity contribution is -0.742. The van der Waals surface area contributed by atoms with Gasteiger partial charge in [0.1, 0.15) is 0 Å². The van der Waals surface area contributed by atoms with Gasteiger partial charge in [0.2, 0.25) is 0 Å². The molecule has 0 aliphatic rings. The van der Waals surface area contributed by atoms with Gasteiger partial charge in [0.15, 0.2) is 0 Å². The molecule has 0 fully saturated rings. The van der Waals surface area contributed by atoms with Crippen molar-refractivity contribution in [2.24, 2.45) is 5.41 Å². The average molecular weight is 538 g/mol. The summed E-state index contributed by atoms with van der Waals surface area (Å²) in [6.07, 6.45) is 12.0. The van der Waals surface area contributed by atoms with Crippen molar-refractivity contribution >= 4 is 13.8 Å². The van der Waals surface area contributed by atoms with Crippen LogP contribution < -0.4 is 0 Å². The fraction of sp³-hybridized carbons (Fsp3) is 0.958. The van der Waals surface area contributed by atoms with Gasteiger partial charge in [-0.25, -0.2) is 4.57 Å². The van der Waals surface area contributed by atoms with Crippen LogP contribution in [0.3, 0.4) is 0 Å². The summed E-state index contributed by atoms with van der Waals surface area (Å²) >= 11 is 0. The van der Waals surface area contributed by atoms with E-state index in [4.69, 9.17) is 34.6 Å². The summed E-state index contributed by atoms with van der Waals surface area (Å²) in [5.74, 6) is -0.211. The topological polar surface area (TPSA) is 167 Å². The van der Waals surface area contributed by atoms with Crippen molar-refractivity contribution in [3.05, 3.63) is 10.1 Å². The summed E-state index contributed by atoms with van der Waals surface area (Å²) in [6.45, 7) is 25.8. The number of nitrogens with zero attached hydrogens (tertiary/aromatic N) is 1. The Morgan fingerprint density at radius 3 is 1.11 bits per heavy atom. The van der Waals surface area contributed by atoms with Crippen LogP contribution in [-0.2, 0) is 14.1 Å². The van der Waals surface area contributed by atoms with Gasteiger partial charge in [0.25, 0.3) is 5.09 Å². The van der Waals surface area contributed by atoms with Crippen molar-refractivity contribution in [3.8, 4) is 0 Å². The summed E-state index contributed by atoms with van der Waals surface area (Å²) in [5.41, 5.74) is 0.552. The zero-order valence-electron chi connectivity index (χ0n) is 24.8. The molecular formula is C24H60NO9P. The molecule has 0 aromatic heterocycles. The molecule has 0 aromatic carbocycles. The van der Waals surface area contributed by atoms with Gasteiger partial charge >= 0.3 is 13.8 Å². The third kappa shape index (κ3) is 325. The van der Waals surface area contributed by atoms with Crippen LogP contribution in [0.4, 0.5) is 0 Å². The summed E-state index contributed by atoms with van der Waals surface area (Å²) in [7, 11) is -4.64. The molecule has 0 aliphatic carbocycles. The summed E-state index contributed by atoms with van der Waals surface area (Å²) in [4.78, 5) is 39.7. The number of carbonyl (C=O) groups excluding carboxylic acids is 1. The summed E-state index contributed by atoms with van der Waals surface area (Å²) in [5, 5.41) is 13.6. The van der Waals surface area contributed by atoms with Crippen LogP contribution in [0.15, 0.2) is 0 Å². The van der Waals surface area contributed by atoms with Crippen molar-refractivity contribution in [1.82, 2.24) is 0 Å². The van der Waals surface area contributed by atoms with E-state index in [1.54, 1.807) is 6.92 Å². The van der Waals surface area contributed by atoms with E-state index in [9.17, 15) is 4.79 Å². The molecule has 220 valence electrons. The van der Waals surface area contributed by atoms with Crippen molar-refractivity contribution in [1.29, 1.82) is 0 Å². The van der Waals surface area contributed by atoms with E-state index < -0.39 is 12.9 Å². The number of esters is 1. The molecule has 0 saturated heterocycles. The van der Waals surface area contributed by atoms with Gasteiger partial charge in [0, 0.05) is 6.92 Å². The van der Waals surface area contributed by atoms with Crippen molar-refractivity contribution in [3.63, 3.8) is 0 Å². The van der Waals surface area contributed by atoms with Gasteiger partial charge in [-0.3, -0.25) is 4.79 Å². The second-order valence-corrected chi connectivity index (χ2v) is 9.43. The number of rotatable bonds is 6. The Balaban J connectivity index is -0.0000000534. The fourth-order valence-corrected chi connectivity index (χ4v) is 1.26. The highest BCUT2D eigenvalue weighted by molar-refractivity contribution is 7.45. The van der Waals surface area contributed by atoms with Gasteiger partial charge in [-0.15, -0.1) is 10.1 Å². The maximum Gasteiger partial charge on any atom is 0.466 e. The summed E-state index contributed by atoms with van der Waals surface area (Å²) in [6, 6.07) is 0. The van der Waals surface area contributed by atoms with Gasteiger partial charge in [-0.05, 0) is 18.8 Å². The first-order valence-electron chi connectivity index (χ1n) is 12.6. The molecule has 0 atom stereocenters. The Kier molecular flexibility index (Phi) is 62.0. The second kappa shape index (κ2) is 42.9. The Bertz CT molecular complexity index is 407. The minimum absolute atomic E-state index is 0.211. The SMILES string of the molecule is CCC.CCCC.CCCCC.CCCCC(C)(C)C.CCOC(C)=O.O=P(O)(O)O.O=[N+]([O-])O. The van der Waals surface area contributed by atoms with Gasteiger partial charge in [-0.1, -0.05) is 121 Å². The number of carbonyl (C=O) groups is 1. The Morgan fingerprint density at radius 2 is 1.09 bits per heavy atom. The third-order valence-corrected chi connectivity index (χ3v) is 2.84. The molecule has 0 rings (SSSR count). The molecule has 10 nitrogen and oxygen atoms in total. The lowest BCUT2D eigenvalue weighted by Crippen LogP contribution is -2.03. The van der Waals surface area contributed by atoms with E-state index >= 15 is 0 Å². The Hall–Kier alpha value is -1.22. The lowest BCUT2D eigenvalue weighted by atomic mass is 9.90. The van der Waals surface area contributed by atoms with Gasteiger partial charge in [0.05, 0.1) is 6.61 Å². The number of hydrogen-bond acceptors (Lipinski definition) is 5. The molecule has 0 bridgehead atoms. The van der Waals surface area contributed by atoms with Gasteiger partial charge in [-0.2, -0.15) is 0 Å². The van der Waals surface area contributed by atoms with E-state index in [2.05, 4.69) is 74.0 Å². The fourth-order valence-electron chi connectivity index (χ4n) is 1.26. The first kappa shape index (κ1) is 50.6. The standard InChI is InChI=1S/C8H18.C5H12.C4H8O2.C4H10.C3H8.HNO3.H3O4P/c1-5-6-7-8(2,3)4;1-3-5-4-2;1-3-6-4(2)5;1-3-4-2;1-3-2;2-1(3)4;1-5(2,3)4/h5-7H2,1-4H3;3-5H2,1-2H3;3H2,1-2H3;3-4H2,1-2H3;3H2,1-2H3;(H,2,3,4);(H3,1,2,3,4). The first-order chi connectivity index (χ1) is 15.8. The van der Waals surface area contributed by atoms with Crippen LogP contribution in [0.2, 0.25) is 0 Å². The molecule has 11 heteroatoms. The largest absolute Gasteiger partial charge is 0.466 e. The molecule has 0 unspecified atom stereocenters. The lowest BCUT2D eigenvalue weighted by Gasteiger charge is -2.16. The molecule has 0 spiro atoms. The van der Waals surface area contributed by atoms with E-state index in [1.807, 2.05) is 0 Å². The molecule has 4 N–H and O–H groups in total. The highest BCUT2D eigenvalue weighted by Gasteiger charge is 2.07. The van der Waals surface area contributed by atoms with E-state index in [0.29, 0.717) is 12.0 Å². The highest BCUT2D eigenvalue weighted by Crippen LogP contribution is 2.25. The molecular weight excluding hydrogens is 477 g/mol. The monoisotopic (exact) mass is 537 g/mol. The van der Waals surface area contributed by atoms with Crippen LogP contribution in [0, 0.1) is 15.5 Å². The second-order valence-electron chi connectivity index (χ2n) is 8.40. The first-order valence-corrected chi connectivity index (χ1v) is 14.1. The van der Waals surface area contributed by atoms with Crippen LogP contribution in [0.1, 0.15) is 141 Å². The minimum atomic E-state index is -4.64. The molecule has 0 aliphatic heterocycles. The molecule has 0 saturated carbocycles. The minimum Gasteiger partial charge on any atom is -0.466 e. The molecule has 0 heterocycles. The molecule has 35 heavy (non-hydrogen) atoms. The number of ether oxygens (including phenoxy) is 1. The smallest absolute Gasteiger partial charge is 0.466 e. The molecule has 0 amide bonds. The van der Waals surface area contributed by atoms with Crippen molar-refractivity contribution in [2.45, 2.75) is 141 Å². The quantitative estimate of drug-likeness (QED) is 0.114. The number of phosphoric acid groups is 1. The van der Waals surface area contributed by atoms with E-state index in [0.717, 1.165) is 0 Å². The van der Waals surface area contributed by atoms with Crippen molar-refractivity contribution < 1.29 is 39.1 Å². The Labute approximate surface area is 216 Å². The maximum absolute atomic E-state index is 9.82. The van der Waals surface area contributed by atoms with E-state index in [-0.39, 0.29) is 5.97 Å². The van der Waals surface area contributed by atoms with Crippen LogP contribution >= 0.6 is 7.82 Å². The third-order valence-electron chi connectivity index (χ3n) is 2.84. The Morgan fingerprint density at radius 1 is 0.829 bits per heavy atom. The number of hydrogen-bond donors (Lipinski definition) is 4. The van der Waals surface area contributed by atoms with Crippen LogP contribution in [-0.4, -0.2) is 37.6 Å². The average Bonchev–Trinajstić information content (AvgIpc) is 2.66. The zero-order chi connectivity index (χ0) is 29.9. The van der Waals surface area contributed by atoms with Crippen molar-refractivity contribution in [2.75, 3.05) is 6.61 Å². The van der Waals surface area contributed by atoms with Crippen LogP contribution in [0.5, 0.6) is 0 Å². The molecule has 0 aromatic rings. The van der Waals surface area contributed by atoms with E-state index in [1.165, 1.54) is 64.7 Å². The molecule has 0 radical (unpaired) electrons.